The summed E-state index contributed by atoms with van der Waals surface area (Å²) in [6, 6.07) is 9.08. The van der Waals surface area contributed by atoms with Crippen molar-refractivity contribution < 1.29 is 23.1 Å². The molecule has 9 heteroatoms. The monoisotopic (exact) mass is 414 g/mol. The summed E-state index contributed by atoms with van der Waals surface area (Å²) >= 11 is 0. The van der Waals surface area contributed by atoms with Gasteiger partial charge in [-0.3, -0.25) is 4.79 Å². The van der Waals surface area contributed by atoms with Gasteiger partial charge < -0.3 is 15.0 Å². The molecule has 0 saturated carbocycles. The Bertz CT molecular complexity index is 970. The first-order chi connectivity index (χ1) is 14.4. The van der Waals surface area contributed by atoms with Gasteiger partial charge in [-0.25, -0.2) is 18.6 Å². The minimum Gasteiger partial charge on any atom is -0.487 e. The molecule has 2 aromatic rings. The molecule has 0 spiro atoms. The molecule has 2 aliphatic rings. The van der Waals surface area contributed by atoms with Crippen LogP contribution in [-0.2, 0) is 0 Å². The van der Waals surface area contributed by atoms with Crippen molar-refractivity contribution in [2.75, 3.05) is 20.1 Å². The SMILES string of the molecule is CNC(=O)c1ccc(OC2CN(C(=O)N3N=CC[C@H]3c3cc(F)cc(F)c3)C2)cc1. The quantitative estimate of drug-likeness (QED) is 0.836. The summed E-state index contributed by atoms with van der Waals surface area (Å²) in [7, 11) is 1.56. The van der Waals surface area contributed by atoms with Crippen LogP contribution in [0.4, 0.5) is 13.6 Å². The Kier molecular flexibility index (Phi) is 5.35. The first kappa shape index (κ1) is 19.8. The van der Waals surface area contributed by atoms with Crippen molar-refractivity contribution in [3.8, 4) is 5.75 Å². The topological polar surface area (TPSA) is 74.2 Å². The van der Waals surface area contributed by atoms with Crippen molar-refractivity contribution in [2.45, 2.75) is 18.6 Å². The van der Waals surface area contributed by atoms with Gasteiger partial charge in [0.15, 0.2) is 0 Å². The minimum atomic E-state index is -0.691. The molecule has 156 valence electrons. The third-order valence-electron chi connectivity index (χ3n) is 5.06. The number of ether oxygens (including phenoxy) is 1. The first-order valence-corrected chi connectivity index (χ1v) is 9.50. The average molecular weight is 414 g/mol. The molecule has 3 amide bonds. The van der Waals surface area contributed by atoms with Gasteiger partial charge in [-0.05, 0) is 42.0 Å². The minimum absolute atomic E-state index is 0.180. The number of benzene rings is 2. The first-order valence-electron chi connectivity index (χ1n) is 9.50. The van der Waals surface area contributed by atoms with E-state index in [0.717, 1.165) is 6.07 Å². The van der Waals surface area contributed by atoms with Crippen molar-refractivity contribution in [3.63, 3.8) is 0 Å². The highest BCUT2D eigenvalue weighted by atomic mass is 19.1. The lowest BCUT2D eigenvalue weighted by atomic mass is 10.0. The number of nitrogens with zero attached hydrogens (tertiary/aromatic N) is 3. The summed E-state index contributed by atoms with van der Waals surface area (Å²) in [5.74, 6) is -0.957. The highest BCUT2D eigenvalue weighted by Crippen LogP contribution is 2.31. The summed E-state index contributed by atoms with van der Waals surface area (Å²) in [6.07, 6.45) is 1.77. The molecule has 0 unspecified atom stereocenters. The van der Waals surface area contributed by atoms with Crippen LogP contribution in [0.2, 0.25) is 0 Å². The lowest BCUT2D eigenvalue weighted by Crippen LogP contribution is -2.58. The fourth-order valence-corrected chi connectivity index (χ4v) is 3.48. The number of carbonyl (C=O) groups is 2. The van der Waals surface area contributed by atoms with Gasteiger partial charge in [0.05, 0.1) is 19.1 Å². The van der Waals surface area contributed by atoms with Gasteiger partial charge in [0, 0.05) is 31.3 Å². The molecule has 2 aromatic carbocycles. The van der Waals surface area contributed by atoms with Crippen LogP contribution < -0.4 is 10.1 Å². The van der Waals surface area contributed by atoms with Crippen molar-refractivity contribution >= 4 is 18.2 Å². The normalized spacial score (nSPS) is 18.3. The van der Waals surface area contributed by atoms with Crippen LogP contribution in [0.1, 0.15) is 28.4 Å². The molecule has 0 aromatic heterocycles. The molecule has 0 aliphatic carbocycles. The Morgan fingerprint density at radius 2 is 1.77 bits per heavy atom. The van der Waals surface area contributed by atoms with E-state index in [1.165, 1.54) is 17.1 Å². The Morgan fingerprint density at radius 3 is 2.40 bits per heavy atom. The number of likely N-dealkylation sites (tertiary alicyclic amines) is 1. The van der Waals surface area contributed by atoms with Crippen LogP contribution in [0.3, 0.4) is 0 Å². The molecule has 1 saturated heterocycles. The summed E-state index contributed by atoms with van der Waals surface area (Å²) < 4.78 is 32.9. The molecule has 2 heterocycles. The Balaban J connectivity index is 1.34. The van der Waals surface area contributed by atoms with Gasteiger partial charge in [-0.15, -0.1) is 0 Å². The maximum absolute atomic E-state index is 13.6. The lowest BCUT2D eigenvalue weighted by Gasteiger charge is -2.41. The van der Waals surface area contributed by atoms with Crippen molar-refractivity contribution in [3.05, 3.63) is 65.2 Å². The van der Waals surface area contributed by atoms with Gasteiger partial charge in [-0.2, -0.15) is 5.10 Å². The standard InChI is InChI=1S/C21H20F2N4O3/c1-24-20(28)13-2-4-17(5-3-13)30-18-11-26(12-18)21(29)27-19(6-7-25-27)14-8-15(22)10-16(23)9-14/h2-5,7-10,18-19H,6,11-12H2,1H3,(H,24,28)/t19-/m0/s1. The number of carbonyl (C=O) groups excluding carboxylic acids is 2. The number of hydrogen-bond acceptors (Lipinski definition) is 4. The molecule has 7 nitrogen and oxygen atoms in total. The fraction of sp³-hybridized carbons (Fsp3) is 0.286. The second-order valence-corrected chi connectivity index (χ2v) is 7.13. The van der Waals surface area contributed by atoms with Crippen LogP contribution in [0.15, 0.2) is 47.6 Å². The zero-order valence-electron chi connectivity index (χ0n) is 16.2. The molecule has 30 heavy (non-hydrogen) atoms. The van der Waals surface area contributed by atoms with Crippen LogP contribution in [0.5, 0.6) is 5.75 Å². The van der Waals surface area contributed by atoms with E-state index in [9.17, 15) is 18.4 Å². The van der Waals surface area contributed by atoms with Crippen molar-refractivity contribution in [1.82, 2.24) is 15.2 Å². The van der Waals surface area contributed by atoms with Crippen molar-refractivity contribution in [1.29, 1.82) is 0 Å². The van der Waals surface area contributed by atoms with E-state index in [4.69, 9.17) is 4.74 Å². The zero-order chi connectivity index (χ0) is 21.3. The number of rotatable bonds is 4. The average Bonchev–Trinajstić information content (AvgIpc) is 3.19. The molecule has 2 aliphatic heterocycles. The second kappa shape index (κ2) is 8.10. The molecule has 1 fully saturated rings. The Hall–Kier alpha value is -3.49. The fourth-order valence-electron chi connectivity index (χ4n) is 3.48. The highest BCUT2D eigenvalue weighted by Gasteiger charge is 2.39. The molecule has 0 radical (unpaired) electrons. The highest BCUT2D eigenvalue weighted by molar-refractivity contribution is 5.94. The number of amides is 3. The molecule has 1 N–H and O–H groups in total. The summed E-state index contributed by atoms with van der Waals surface area (Å²) in [5, 5.41) is 7.89. The summed E-state index contributed by atoms with van der Waals surface area (Å²) in [4.78, 5) is 25.9. The van der Waals surface area contributed by atoms with Crippen LogP contribution >= 0.6 is 0 Å². The third kappa shape index (κ3) is 3.96. The number of halogens is 2. The smallest absolute Gasteiger partial charge is 0.341 e. The molecular weight excluding hydrogens is 394 g/mol. The largest absolute Gasteiger partial charge is 0.487 e. The van der Waals surface area contributed by atoms with E-state index < -0.39 is 17.7 Å². The molecule has 0 bridgehead atoms. The van der Waals surface area contributed by atoms with E-state index in [0.29, 0.717) is 36.4 Å². The predicted octanol–water partition coefficient (Wildman–Crippen LogP) is 2.94. The van der Waals surface area contributed by atoms with E-state index in [-0.39, 0.29) is 18.0 Å². The van der Waals surface area contributed by atoms with E-state index in [1.807, 2.05) is 0 Å². The van der Waals surface area contributed by atoms with Crippen molar-refractivity contribution in [2.24, 2.45) is 5.10 Å². The number of hydrogen-bond donors (Lipinski definition) is 1. The maximum Gasteiger partial charge on any atom is 0.341 e. The van der Waals surface area contributed by atoms with Crippen LogP contribution in [0, 0.1) is 11.6 Å². The van der Waals surface area contributed by atoms with Gasteiger partial charge >= 0.3 is 6.03 Å². The van der Waals surface area contributed by atoms with Gasteiger partial charge in [0.1, 0.15) is 23.5 Å². The van der Waals surface area contributed by atoms with E-state index in [2.05, 4.69) is 10.4 Å². The van der Waals surface area contributed by atoms with Crippen LogP contribution in [0.25, 0.3) is 0 Å². The predicted molar refractivity (Wildman–Crippen MR) is 105 cm³/mol. The Labute approximate surface area is 171 Å². The zero-order valence-corrected chi connectivity index (χ0v) is 16.2. The maximum atomic E-state index is 13.6. The van der Waals surface area contributed by atoms with Gasteiger partial charge in [0.2, 0.25) is 0 Å². The molecule has 1 atom stereocenters. The number of hydrazone groups is 1. The molecular formula is C21H20F2N4O3. The molecule has 4 rings (SSSR count). The van der Waals surface area contributed by atoms with Crippen LogP contribution in [-0.4, -0.2) is 54.3 Å². The van der Waals surface area contributed by atoms with E-state index in [1.54, 1.807) is 42.4 Å². The Morgan fingerprint density at radius 1 is 1.10 bits per heavy atom. The number of urea groups is 1. The van der Waals surface area contributed by atoms with Gasteiger partial charge in [-0.1, -0.05) is 0 Å². The second-order valence-electron chi connectivity index (χ2n) is 7.13. The van der Waals surface area contributed by atoms with Gasteiger partial charge in [0.25, 0.3) is 5.91 Å². The number of nitrogens with one attached hydrogen (secondary N) is 1. The lowest BCUT2D eigenvalue weighted by molar-refractivity contribution is 0.0277. The van der Waals surface area contributed by atoms with E-state index >= 15 is 0 Å². The summed E-state index contributed by atoms with van der Waals surface area (Å²) in [6.45, 7) is 0.735. The third-order valence-corrected chi connectivity index (χ3v) is 5.06. The summed E-state index contributed by atoms with van der Waals surface area (Å²) in [5.41, 5.74) is 0.893.